The van der Waals surface area contributed by atoms with Crippen molar-refractivity contribution >= 4 is 43.6 Å². The van der Waals surface area contributed by atoms with Crippen molar-refractivity contribution in [1.29, 1.82) is 0 Å². The average Bonchev–Trinajstić information content (AvgIpc) is 3.84. The molecular weight excluding hydrogens is 538 g/mol. The van der Waals surface area contributed by atoms with Crippen LogP contribution in [0.1, 0.15) is 27.4 Å². The van der Waals surface area contributed by atoms with Crippen LogP contribution >= 0.6 is 0 Å². The second-order valence-electron chi connectivity index (χ2n) is 9.44. The Morgan fingerprint density at radius 2 is 0.955 bits per heavy atom. The van der Waals surface area contributed by atoms with Crippen LogP contribution in [0.2, 0.25) is 0 Å². The minimum atomic E-state index is -0.831. The predicted octanol–water partition coefficient (Wildman–Crippen LogP) is 9.40. The number of para-hydroxylation sites is 4. The van der Waals surface area contributed by atoms with Gasteiger partial charge in [-0.1, -0.05) is 133 Å². The molecule has 0 bridgehead atoms. The standard InChI is InChI=1S/C39H25N5/c1-3-14-26(15-4-1)28-21-13-22-32-31-20-9-12-25-35(31)44(36(28)32)39-41-37(27-16-5-2-6-17-27)40-38(42-39)43-33-23-10-7-18-29(33)30-19-8-11-24-34(30)43/h1-25H/i1D,3D,4D,7D,8D,9D,10D,11D,12D,13D,14D,15D,18D,19D,20D,21D,22D,23D,24D,25D. The molecule has 6 aromatic carbocycles. The molecule has 5 nitrogen and oxygen atoms in total. The number of aromatic nitrogens is 5. The Morgan fingerprint density at radius 3 is 1.61 bits per heavy atom. The van der Waals surface area contributed by atoms with Crippen LogP contribution in [0.5, 0.6) is 0 Å². The van der Waals surface area contributed by atoms with E-state index >= 15 is 0 Å². The topological polar surface area (TPSA) is 48.5 Å². The molecule has 9 aromatic rings. The Labute approximate surface area is 281 Å². The van der Waals surface area contributed by atoms with Gasteiger partial charge in [0.15, 0.2) is 5.82 Å². The van der Waals surface area contributed by atoms with Crippen LogP contribution in [0.25, 0.3) is 78.0 Å². The van der Waals surface area contributed by atoms with Crippen LogP contribution < -0.4 is 0 Å². The van der Waals surface area contributed by atoms with Crippen molar-refractivity contribution in [2.45, 2.75) is 0 Å². The molecule has 0 aliphatic heterocycles. The normalized spacial score (nSPS) is 18.0. The van der Waals surface area contributed by atoms with E-state index in [2.05, 4.69) is 4.98 Å². The van der Waals surface area contributed by atoms with E-state index in [1.165, 1.54) is 0 Å². The number of fused-ring (bicyclic) bond motifs is 6. The minimum Gasteiger partial charge on any atom is -0.278 e. The van der Waals surface area contributed by atoms with Crippen LogP contribution in [0.3, 0.4) is 0 Å². The molecule has 3 aromatic heterocycles. The molecule has 0 atom stereocenters. The fraction of sp³-hybridized carbons (Fsp3) is 0. The van der Waals surface area contributed by atoms with E-state index in [9.17, 15) is 2.74 Å². The lowest BCUT2D eigenvalue weighted by atomic mass is 10.0. The summed E-state index contributed by atoms with van der Waals surface area (Å²) in [6.07, 6.45) is 0. The van der Waals surface area contributed by atoms with E-state index in [1.54, 1.807) is 30.3 Å². The SMILES string of the molecule is [2H]c1c([2H])c([2H])c(-c2c([2H])c([2H])c([2H])c3c4c([2H])c([2H])c([2H])c([2H])c4n(-c4nc(-c5ccccc5)nc(-n5c6c([2H])c([2H])c([2H])c([2H])c6c6c([2H])c([2H])c([2H])c([2H])c65)n4)c23)c([2H])c1[2H]. The van der Waals surface area contributed by atoms with Gasteiger partial charge in [-0.2, -0.15) is 15.0 Å². The maximum atomic E-state index is 9.23. The maximum Gasteiger partial charge on any atom is 0.240 e. The van der Waals surface area contributed by atoms with Gasteiger partial charge < -0.3 is 0 Å². The molecular formula is C39H25N5. The van der Waals surface area contributed by atoms with Crippen LogP contribution in [0.15, 0.2) is 151 Å². The maximum absolute atomic E-state index is 9.23. The number of nitrogens with zero attached hydrogens (tertiary/aromatic N) is 5. The zero-order valence-electron chi connectivity index (χ0n) is 42.1. The quantitative estimate of drug-likeness (QED) is 0.207. The molecule has 44 heavy (non-hydrogen) atoms. The number of hydrogen-bond acceptors (Lipinski definition) is 3. The van der Waals surface area contributed by atoms with Crippen molar-refractivity contribution in [1.82, 2.24) is 24.1 Å². The second-order valence-corrected chi connectivity index (χ2v) is 9.44. The third-order valence-electron chi connectivity index (χ3n) is 7.04. The Balaban J connectivity index is 1.60. The molecule has 0 saturated carbocycles. The average molecular weight is 584 g/mol. The molecule has 0 saturated heterocycles. The summed E-state index contributed by atoms with van der Waals surface area (Å²) in [4.78, 5) is 14.1. The van der Waals surface area contributed by atoms with Crippen LogP contribution in [-0.4, -0.2) is 24.1 Å². The van der Waals surface area contributed by atoms with Gasteiger partial charge in [0.2, 0.25) is 11.9 Å². The third kappa shape index (κ3) is 3.69. The summed E-state index contributed by atoms with van der Waals surface area (Å²) >= 11 is 0. The van der Waals surface area contributed by atoms with Crippen LogP contribution in [0, 0.1) is 0 Å². The fourth-order valence-corrected chi connectivity index (χ4v) is 5.22. The van der Waals surface area contributed by atoms with Gasteiger partial charge in [0.1, 0.15) is 0 Å². The lowest BCUT2D eigenvalue weighted by Gasteiger charge is -2.14. The summed E-state index contributed by atoms with van der Waals surface area (Å²) in [5.41, 5.74) is -2.58. The van der Waals surface area contributed by atoms with Crippen LogP contribution in [-0.2, 0) is 0 Å². The zero-order valence-corrected chi connectivity index (χ0v) is 22.1. The van der Waals surface area contributed by atoms with E-state index in [-0.39, 0.29) is 33.2 Å². The van der Waals surface area contributed by atoms with Gasteiger partial charge in [0.05, 0.1) is 49.5 Å². The summed E-state index contributed by atoms with van der Waals surface area (Å²) < 4.78 is 178. The van der Waals surface area contributed by atoms with Gasteiger partial charge in [-0.05, 0) is 23.7 Å². The minimum absolute atomic E-state index is 0.216. The summed E-state index contributed by atoms with van der Waals surface area (Å²) in [5, 5.41) is -1.43. The molecule has 0 N–H and O–H groups in total. The molecule has 0 unspecified atom stereocenters. The van der Waals surface area contributed by atoms with Gasteiger partial charge in [-0.25, -0.2) is 0 Å². The van der Waals surface area contributed by atoms with Crippen molar-refractivity contribution in [3.05, 3.63) is 151 Å². The van der Waals surface area contributed by atoms with E-state index in [0.29, 0.717) is 0 Å². The highest BCUT2D eigenvalue weighted by molar-refractivity contribution is 6.13. The summed E-state index contributed by atoms with van der Waals surface area (Å²) in [7, 11) is 0. The first-order valence-corrected chi connectivity index (χ1v) is 13.1. The lowest BCUT2D eigenvalue weighted by Crippen LogP contribution is -2.10. The molecule has 0 spiro atoms. The highest BCUT2D eigenvalue weighted by atomic mass is 15.3. The number of hydrogen-bond donors (Lipinski definition) is 0. The summed E-state index contributed by atoms with van der Waals surface area (Å²) in [6, 6.07) is -7.07. The Hall–Kier alpha value is -6.07. The largest absolute Gasteiger partial charge is 0.278 e. The molecule has 0 aliphatic rings. The van der Waals surface area contributed by atoms with Gasteiger partial charge in [0, 0.05) is 32.7 Å². The predicted molar refractivity (Wildman–Crippen MR) is 179 cm³/mol. The van der Waals surface area contributed by atoms with E-state index in [0.717, 1.165) is 9.13 Å². The Morgan fingerprint density at radius 1 is 0.432 bits per heavy atom. The van der Waals surface area contributed by atoms with Gasteiger partial charge in [-0.15, -0.1) is 0 Å². The van der Waals surface area contributed by atoms with Crippen molar-refractivity contribution in [3.8, 4) is 34.4 Å². The fourth-order valence-electron chi connectivity index (χ4n) is 5.22. The van der Waals surface area contributed by atoms with E-state index < -0.39 is 166 Å². The Bertz CT molecular complexity index is 3520. The molecule has 0 amide bonds. The summed E-state index contributed by atoms with van der Waals surface area (Å²) in [5.74, 6) is -1.35. The second kappa shape index (κ2) is 9.75. The first-order valence-electron chi connectivity index (χ1n) is 23.1. The number of benzene rings is 6. The highest BCUT2D eigenvalue weighted by Gasteiger charge is 2.21. The molecule has 5 heteroatoms. The van der Waals surface area contributed by atoms with Crippen molar-refractivity contribution in [2.24, 2.45) is 0 Å². The first-order chi connectivity index (χ1) is 30.1. The molecule has 0 aliphatic carbocycles. The van der Waals surface area contributed by atoms with E-state index in [1.807, 2.05) is 0 Å². The molecule has 3 heterocycles. The van der Waals surface area contributed by atoms with Gasteiger partial charge in [0.25, 0.3) is 0 Å². The molecule has 206 valence electrons. The van der Waals surface area contributed by atoms with Crippen LogP contribution in [0.4, 0.5) is 0 Å². The molecule has 0 radical (unpaired) electrons. The van der Waals surface area contributed by atoms with Gasteiger partial charge in [-0.3, -0.25) is 9.13 Å². The highest BCUT2D eigenvalue weighted by Crippen LogP contribution is 2.38. The third-order valence-corrected chi connectivity index (χ3v) is 7.04. The van der Waals surface area contributed by atoms with Crippen molar-refractivity contribution in [2.75, 3.05) is 0 Å². The lowest BCUT2D eigenvalue weighted by molar-refractivity contribution is 0.893. The Kier molecular flexibility index (Phi) is 2.64. The summed E-state index contributed by atoms with van der Waals surface area (Å²) in [6.45, 7) is 0. The molecule has 0 fully saturated rings. The van der Waals surface area contributed by atoms with Gasteiger partial charge >= 0.3 is 0 Å². The van der Waals surface area contributed by atoms with Crippen molar-refractivity contribution < 1.29 is 27.4 Å². The zero-order chi connectivity index (χ0) is 46.4. The van der Waals surface area contributed by atoms with Crippen molar-refractivity contribution in [3.63, 3.8) is 0 Å². The first kappa shape index (κ1) is 11.9. The molecule has 9 rings (SSSR count). The smallest absolute Gasteiger partial charge is 0.240 e. The van der Waals surface area contributed by atoms with E-state index in [4.69, 9.17) is 34.6 Å². The number of rotatable bonds is 4. The monoisotopic (exact) mass is 583 g/mol.